The molecule has 2 aromatic heterocycles. The van der Waals surface area contributed by atoms with Gasteiger partial charge in [-0.1, -0.05) is 31.3 Å². The minimum atomic E-state index is -0.517. The molecule has 0 saturated carbocycles. The molecule has 0 bridgehead atoms. The van der Waals surface area contributed by atoms with Crippen molar-refractivity contribution in [3.05, 3.63) is 50.8 Å². The molecule has 1 aromatic carbocycles. The molecule has 23 heavy (non-hydrogen) atoms. The van der Waals surface area contributed by atoms with Gasteiger partial charge in [-0.3, -0.25) is 14.9 Å². The lowest BCUT2D eigenvalue weighted by Gasteiger charge is -2.03. The van der Waals surface area contributed by atoms with Crippen LogP contribution in [0.5, 0.6) is 0 Å². The molecule has 0 aliphatic carbocycles. The second-order valence-corrected chi connectivity index (χ2v) is 6.54. The molecule has 6 nitrogen and oxygen atoms in total. The molecule has 0 aliphatic heterocycles. The summed E-state index contributed by atoms with van der Waals surface area (Å²) in [5.41, 5.74) is 1.09. The minimum absolute atomic E-state index is 0.0469. The molecule has 0 spiro atoms. The highest BCUT2D eigenvalue weighted by atomic mass is 32.1. The predicted octanol–water partition coefficient (Wildman–Crippen LogP) is 3.33. The quantitative estimate of drug-likeness (QED) is 0.796. The molecule has 0 radical (unpaired) electrons. The average molecular weight is 329 g/mol. The Bertz CT molecular complexity index is 943. The number of hydrogen-bond donors (Lipinski definition) is 1. The summed E-state index contributed by atoms with van der Waals surface area (Å²) in [6.45, 7) is 5.88. The predicted molar refractivity (Wildman–Crippen MR) is 89.2 cm³/mol. The van der Waals surface area contributed by atoms with E-state index < -0.39 is 5.91 Å². The number of amides is 1. The Balaban J connectivity index is 1.92. The van der Waals surface area contributed by atoms with Gasteiger partial charge in [0.1, 0.15) is 10.6 Å². The van der Waals surface area contributed by atoms with Gasteiger partial charge >= 0.3 is 0 Å². The van der Waals surface area contributed by atoms with Gasteiger partial charge in [0.25, 0.3) is 5.91 Å². The highest BCUT2D eigenvalue weighted by molar-refractivity contribution is 7.15. The van der Waals surface area contributed by atoms with Crippen LogP contribution in [0, 0.1) is 6.92 Å². The molecule has 1 N–H and O–H groups in total. The van der Waals surface area contributed by atoms with Crippen LogP contribution in [-0.2, 0) is 0 Å². The normalized spacial score (nSPS) is 11.1. The van der Waals surface area contributed by atoms with Gasteiger partial charge in [-0.25, -0.2) is 0 Å². The number of carbonyl (C=O) groups excluding carboxylic acids is 1. The lowest BCUT2D eigenvalue weighted by molar-refractivity contribution is 0.0997. The molecule has 0 saturated heterocycles. The molecule has 0 fully saturated rings. The first-order chi connectivity index (χ1) is 10.9. The highest BCUT2D eigenvalue weighted by Crippen LogP contribution is 2.23. The maximum atomic E-state index is 12.3. The van der Waals surface area contributed by atoms with Crippen molar-refractivity contribution >= 4 is 33.3 Å². The number of aromatic nitrogens is 2. The second kappa shape index (κ2) is 5.92. The van der Waals surface area contributed by atoms with Crippen molar-refractivity contribution in [2.24, 2.45) is 0 Å². The Labute approximate surface area is 136 Å². The molecule has 0 unspecified atom stereocenters. The van der Waals surface area contributed by atoms with Gasteiger partial charge in [0, 0.05) is 12.0 Å². The number of aryl methyl sites for hydroxylation is 1. The summed E-state index contributed by atoms with van der Waals surface area (Å²) in [7, 11) is 0. The zero-order valence-electron chi connectivity index (χ0n) is 12.9. The van der Waals surface area contributed by atoms with Crippen LogP contribution in [0.15, 0.2) is 33.5 Å². The van der Waals surface area contributed by atoms with Gasteiger partial charge in [-0.2, -0.15) is 0 Å². The first-order valence-electron chi connectivity index (χ1n) is 7.13. The average Bonchev–Trinajstić information content (AvgIpc) is 2.95. The fourth-order valence-corrected chi connectivity index (χ4v) is 2.79. The lowest BCUT2D eigenvalue weighted by Crippen LogP contribution is -2.14. The van der Waals surface area contributed by atoms with Gasteiger partial charge in [0.2, 0.25) is 5.13 Å². The third-order valence-electron chi connectivity index (χ3n) is 3.26. The Kier molecular flexibility index (Phi) is 3.96. The van der Waals surface area contributed by atoms with Crippen molar-refractivity contribution in [1.82, 2.24) is 10.2 Å². The van der Waals surface area contributed by atoms with Crippen LogP contribution >= 0.6 is 11.3 Å². The Morgan fingerprint density at radius 3 is 2.74 bits per heavy atom. The van der Waals surface area contributed by atoms with Gasteiger partial charge in [0.15, 0.2) is 11.2 Å². The van der Waals surface area contributed by atoms with E-state index in [0.29, 0.717) is 16.1 Å². The van der Waals surface area contributed by atoms with E-state index in [1.807, 2.05) is 26.8 Å². The van der Waals surface area contributed by atoms with E-state index in [9.17, 15) is 9.59 Å². The van der Waals surface area contributed by atoms with Crippen LogP contribution in [0.1, 0.15) is 40.9 Å². The molecule has 0 atom stereocenters. The van der Waals surface area contributed by atoms with Crippen molar-refractivity contribution in [2.45, 2.75) is 26.7 Å². The summed E-state index contributed by atoms with van der Waals surface area (Å²) in [6.07, 6.45) is 0. The monoisotopic (exact) mass is 329 g/mol. The van der Waals surface area contributed by atoms with Crippen molar-refractivity contribution in [3.63, 3.8) is 0 Å². The molecule has 118 valence electrons. The number of nitrogens with one attached hydrogen (secondary N) is 1. The van der Waals surface area contributed by atoms with Crippen molar-refractivity contribution in [3.8, 4) is 0 Å². The van der Waals surface area contributed by atoms with Crippen LogP contribution in [0.3, 0.4) is 0 Å². The van der Waals surface area contributed by atoms with Crippen LogP contribution in [0.4, 0.5) is 5.13 Å². The first-order valence-corrected chi connectivity index (χ1v) is 7.95. The Hall–Kier alpha value is -2.54. The van der Waals surface area contributed by atoms with Crippen LogP contribution in [0.25, 0.3) is 11.0 Å². The third-order valence-corrected chi connectivity index (χ3v) is 4.40. The van der Waals surface area contributed by atoms with E-state index in [0.717, 1.165) is 10.6 Å². The number of fused-ring (bicyclic) bond motifs is 1. The number of carbonyl (C=O) groups is 1. The molecule has 1 amide bonds. The number of benzene rings is 1. The molecule has 7 heteroatoms. The maximum absolute atomic E-state index is 12.3. The largest absolute Gasteiger partial charge is 0.451 e. The van der Waals surface area contributed by atoms with E-state index in [1.165, 1.54) is 17.4 Å². The Morgan fingerprint density at radius 1 is 1.26 bits per heavy atom. The van der Waals surface area contributed by atoms with Crippen molar-refractivity contribution in [1.29, 1.82) is 0 Å². The number of rotatable bonds is 3. The summed E-state index contributed by atoms with van der Waals surface area (Å²) in [5.74, 6) is -0.328. The van der Waals surface area contributed by atoms with E-state index in [4.69, 9.17) is 4.42 Å². The smallest absolute Gasteiger partial charge is 0.293 e. The van der Waals surface area contributed by atoms with Crippen molar-refractivity contribution in [2.75, 3.05) is 5.32 Å². The van der Waals surface area contributed by atoms with Gasteiger partial charge in [0.05, 0.1) is 5.39 Å². The van der Waals surface area contributed by atoms with Gasteiger partial charge < -0.3 is 4.42 Å². The summed E-state index contributed by atoms with van der Waals surface area (Å²) >= 11 is 1.30. The highest BCUT2D eigenvalue weighted by Gasteiger charge is 2.15. The molecule has 3 rings (SSSR count). The number of nitrogens with zero attached hydrogens (tertiary/aromatic N) is 2. The lowest BCUT2D eigenvalue weighted by atomic mass is 10.1. The first kappa shape index (κ1) is 15.4. The van der Waals surface area contributed by atoms with Crippen LogP contribution < -0.4 is 10.7 Å². The van der Waals surface area contributed by atoms with E-state index >= 15 is 0 Å². The van der Waals surface area contributed by atoms with Crippen LogP contribution in [-0.4, -0.2) is 16.1 Å². The van der Waals surface area contributed by atoms with E-state index in [-0.39, 0.29) is 17.1 Å². The molecule has 2 heterocycles. The topological polar surface area (TPSA) is 85.1 Å². The molecule has 3 aromatic rings. The van der Waals surface area contributed by atoms with Crippen LogP contribution in [0.2, 0.25) is 0 Å². The second-order valence-electron chi connectivity index (χ2n) is 5.53. The molecule has 0 aliphatic rings. The van der Waals surface area contributed by atoms with E-state index in [2.05, 4.69) is 15.5 Å². The molecular weight excluding hydrogens is 314 g/mol. The van der Waals surface area contributed by atoms with Gasteiger partial charge in [-0.05, 0) is 24.6 Å². The summed E-state index contributed by atoms with van der Waals surface area (Å²) < 4.78 is 5.56. The summed E-state index contributed by atoms with van der Waals surface area (Å²) in [4.78, 5) is 24.4. The summed E-state index contributed by atoms with van der Waals surface area (Å²) in [5, 5.41) is 12.2. The summed E-state index contributed by atoms with van der Waals surface area (Å²) in [6, 6.07) is 6.44. The fraction of sp³-hybridized carbons (Fsp3) is 0.250. The standard InChI is InChI=1S/C16H15N3O3S/c1-8(2)15-18-19-16(23-15)17-14(21)13-7-11(20)10-5-4-9(3)6-12(10)22-13/h4-8H,1-3H3,(H,17,19,21). The van der Waals surface area contributed by atoms with E-state index in [1.54, 1.807) is 12.1 Å². The zero-order chi connectivity index (χ0) is 16.6. The maximum Gasteiger partial charge on any atom is 0.293 e. The van der Waals surface area contributed by atoms with Crippen molar-refractivity contribution < 1.29 is 9.21 Å². The SMILES string of the molecule is Cc1ccc2c(=O)cc(C(=O)Nc3nnc(C(C)C)s3)oc2c1. The minimum Gasteiger partial charge on any atom is -0.451 e. The zero-order valence-corrected chi connectivity index (χ0v) is 13.7. The Morgan fingerprint density at radius 2 is 2.04 bits per heavy atom. The number of hydrogen-bond acceptors (Lipinski definition) is 6. The fourth-order valence-electron chi connectivity index (χ4n) is 2.05. The third kappa shape index (κ3) is 3.14. The van der Waals surface area contributed by atoms with Gasteiger partial charge in [-0.15, -0.1) is 10.2 Å². The molecular formula is C16H15N3O3S. The number of anilines is 1.